The van der Waals surface area contributed by atoms with Crippen molar-refractivity contribution in [2.75, 3.05) is 39.6 Å². The number of phosphoric ester groups is 2. The van der Waals surface area contributed by atoms with Gasteiger partial charge in [0, 0.05) is 25.7 Å². The number of aliphatic hydroxyl groups excluding tert-OH is 1. The summed E-state index contributed by atoms with van der Waals surface area (Å²) in [7, 11) is -9.92. The normalized spacial score (nSPS) is 14.3. The fourth-order valence-corrected chi connectivity index (χ4v) is 14.2. The molecule has 0 saturated heterocycles. The van der Waals surface area contributed by atoms with Crippen molar-refractivity contribution >= 4 is 39.5 Å². The number of unbranched alkanes of at least 4 members (excludes halogenated alkanes) is 44. The van der Waals surface area contributed by atoms with Crippen LogP contribution in [0.5, 0.6) is 0 Å². The van der Waals surface area contributed by atoms with Crippen LogP contribution < -0.4 is 0 Å². The maximum atomic E-state index is 13.1. The number of hydrogen-bond donors (Lipinski definition) is 3. The van der Waals surface area contributed by atoms with E-state index in [0.717, 1.165) is 114 Å². The van der Waals surface area contributed by atoms with Crippen LogP contribution in [0.3, 0.4) is 0 Å². The monoisotopic (exact) mass is 1480 g/mol. The molecule has 6 atom stereocenters. The maximum Gasteiger partial charge on any atom is 0.472 e. The minimum absolute atomic E-state index is 0.107. The third-order valence-electron chi connectivity index (χ3n) is 19.4. The van der Waals surface area contributed by atoms with E-state index in [4.69, 9.17) is 37.0 Å². The minimum atomic E-state index is -4.96. The van der Waals surface area contributed by atoms with Gasteiger partial charge in [0.2, 0.25) is 0 Å². The number of carbonyl (C=O) groups excluding carboxylic acids is 4. The first-order chi connectivity index (χ1) is 48.6. The molecule has 0 aliphatic carbocycles. The highest BCUT2D eigenvalue weighted by atomic mass is 31.2. The van der Waals surface area contributed by atoms with Crippen molar-refractivity contribution in [3.63, 3.8) is 0 Å². The van der Waals surface area contributed by atoms with E-state index < -0.39 is 97.5 Å². The van der Waals surface area contributed by atoms with Gasteiger partial charge in [0.15, 0.2) is 12.2 Å². The van der Waals surface area contributed by atoms with Crippen molar-refractivity contribution in [3.8, 4) is 0 Å². The van der Waals surface area contributed by atoms with Crippen LogP contribution in [0.25, 0.3) is 0 Å². The summed E-state index contributed by atoms with van der Waals surface area (Å²) in [5.74, 6) is 0.993. The largest absolute Gasteiger partial charge is 0.472 e. The van der Waals surface area contributed by atoms with Gasteiger partial charge >= 0.3 is 39.5 Å². The van der Waals surface area contributed by atoms with Crippen molar-refractivity contribution in [1.29, 1.82) is 0 Å². The summed E-state index contributed by atoms with van der Waals surface area (Å²) in [4.78, 5) is 73.0. The first kappa shape index (κ1) is 99.1. The fraction of sp³-hybridized carbons (Fsp3) is 0.951. The molecule has 0 aliphatic rings. The zero-order valence-electron chi connectivity index (χ0n) is 66.5. The minimum Gasteiger partial charge on any atom is -0.462 e. The number of ether oxygens (including phenoxy) is 4. The van der Waals surface area contributed by atoms with E-state index in [1.54, 1.807) is 0 Å². The molecule has 0 heterocycles. The van der Waals surface area contributed by atoms with Gasteiger partial charge in [-0.2, -0.15) is 0 Å². The zero-order chi connectivity index (χ0) is 74.6. The molecule has 0 aliphatic heterocycles. The first-order valence-corrected chi connectivity index (χ1v) is 45.2. The second kappa shape index (κ2) is 71.0. The predicted octanol–water partition coefficient (Wildman–Crippen LogP) is 24.4. The Kier molecular flexibility index (Phi) is 69.6. The van der Waals surface area contributed by atoms with Crippen LogP contribution in [0, 0.1) is 23.7 Å². The zero-order valence-corrected chi connectivity index (χ0v) is 68.3. The highest BCUT2D eigenvalue weighted by Gasteiger charge is 2.30. The molecule has 0 aromatic rings. The Bertz CT molecular complexity index is 1970. The average molecular weight is 1480 g/mol. The van der Waals surface area contributed by atoms with Crippen molar-refractivity contribution in [2.24, 2.45) is 23.7 Å². The molecule has 0 aromatic heterocycles. The number of hydrogen-bond acceptors (Lipinski definition) is 15. The lowest BCUT2D eigenvalue weighted by atomic mass is 9.99. The molecule has 101 heavy (non-hydrogen) atoms. The predicted molar refractivity (Wildman–Crippen MR) is 414 cm³/mol. The van der Waals surface area contributed by atoms with Crippen LogP contribution in [0.15, 0.2) is 0 Å². The Morgan fingerprint density at radius 2 is 0.475 bits per heavy atom. The van der Waals surface area contributed by atoms with Gasteiger partial charge in [-0.25, -0.2) is 9.13 Å². The second-order valence-electron chi connectivity index (χ2n) is 31.2. The van der Waals surface area contributed by atoms with Crippen molar-refractivity contribution < 1.29 is 80.2 Å². The van der Waals surface area contributed by atoms with Crippen molar-refractivity contribution in [2.45, 2.75) is 440 Å². The quantitative estimate of drug-likeness (QED) is 0.0222. The SMILES string of the molecule is CCC(C)CCCCCCCCCCCCCCCCCCCCC(=O)O[C@H](COC(=O)CCCCCCCCC(C)C)COP(=O)(O)OC[C@H](O)COP(=O)(O)OC[C@@H](COC(=O)CCCCCCCCCCCCCC(C)C)OC(=O)CCCCCCCCCCCCCCCC(C)C. The molecule has 600 valence electrons. The fourth-order valence-electron chi connectivity index (χ4n) is 12.6. The molecular formula is C82H160O17P2. The summed E-state index contributed by atoms with van der Waals surface area (Å²) >= 11 is 0. The lowest BCUT2D eigenvalue weighted by molar-refractivity contribution is -0.161. The maximum absolute atomic E-state index is 13.1. The smallest absolute Gasteiger partial charge is 0.462 e. The summed E-state index contributed by atoms with van der Waals surface area (Å²) < 4.78 is 68.7. The summed E-state index contributed by atoms with van der Waals surface area (Å²) in [6.45, 7) is 14.3. The van der Waals surface area contributed by atoms with Crippen molar-refractivity contribution in [3.05, 3.63) is 0 Å². The van der Waals surface area contributed by atoms with E-state index in [1.165, 1.54) is 218 Å². The van der Waals surface area contributed by atoms with Crippen molar-refractivity contribution in [1.82, 2.24) is 0 Å². The summed E-state index contributed by atoms with van der Waals surface area (Å²) in [6, 6.07) is 0. The number of aliphatic hydroxyl groups is 1. The van der Waals surface area contributed by atoms with E-state index in [-0.39, 0.29) is 25.7 Å². The molecule has 0 aromatic carbocycles. The number of rotatable bonds is 79. The van der Waals surface area contributed by atoms with Gasteiger partial charge in [0.05, 0.1) is 26.4 Å². The molecule has 0 spiro atoms. The lowest BCUT2D eigenvalue weighted by Gasteiger charge is -2.21. The summed E-state index contributed by atoms with van der Waals surface area (Å²) in [5, 5.41) is 10.6. The molecule has 0 fully saturated rings. The molecule has 0 rings (SSSR count). The highest BCUT2D eigenvalue weighted by Crippen LogP contribution is 2.45. The third kappa shape index (κ3) is 74.7. The Labute approximate surface area is 619 Å². The van der Waals surface area contributed by atoms with Gasteiger partial charge in [-0.15, -0.1) is 0 Å². The van der Waals surface area contributed by atoms with Crippen LogP contribution in [-0.2, 0) is 65.4 Å². The molecule has 3 N–H and O–H groups in total. The Morgan fingerprint density at radius 1 is 0.277 bits per heavy atom. The first-order valence-electron chi connectivity index (χ1n) is 42.2. The van der Waals surface area contributed by atoms with Crippen LogP contribution in [0.1, 0.15) is 421 Å². The van der Waals surface area contributed by atoms with Crippen LogP contribution in [0.2, 0.25) is 0 Å². The molecule has 0 saturated carbocycles. The second-order valence-corrected chi connectivity index (χ2v) is 34.1. The molecule has 17 nitrogen and oxygen atoms in total. The van der Waals surface area contributed by atoms with Crippen LogP contribution in [-0.4, -0.2) is 96.7 Å². The van der Waals surface area contributed by atoms with Gasteiger partial charge in [-0.3, -0.25) is 37.3 Å². The third-order valence-corrected chi connectivity index (χ3v) is 21.3. The van der Waals surface area contributed by atoms with Crippen LogP contribution in [0.4, 0.5) is 0 Å². The average Bonchev–Trinajstić information content (AvgIpc) is 0.921. The van der Waals surface area contributed by atoms with Gasteiger partial charge in [0.1, 0.15) is 19.3 Å². The van der Waals surface area contributed by atoms with Crippen LogP contribution >= 0.6 is 15.6 Å². The Hall–Kier alpha value is -1.94. The lowest BCUT2D eigenvalue weighted by Crippen LogP contribution is -2.30. The van der Waals surface area contributed by atoms with Gasteiger partial charge < -0.3 is 33.8 Å². The Balaban J connectivity index is 5.18. The number of esters is 4. The summed E-state index contributed by atoms with van der Waals surface area (Å²) in [5.41, 5.74) is 0. The van der Waals surface area contributed by atoms with E-state index >= 15 is 0 Å². The molecule has 0 bridgehead atoms. The molecule has 0 amide bonds. The highest BCUT2D eigenvalue weighted by molar-refractivity contribution is 7.47. The van der Waals surface area contributed by atoms with E-state index in [0.29, 0.717) is 31.6 Å². The molecule has 3 unspecified atom stereocenters. The Morgan fingerprint density at radius 3 is 0.703 bits per heavy atom. The summed E-state index contributed by atoms with van der Waals surface area (Å²) in [6.07, 6.45) is 58.4. The van der Waals surface area contributed by atoms with Gasteiger partial charge in [-0.05, 0) is 49.4 Å². The van der Waals surface area contributed by atoms with Gasteiger partial charge in [-0.1, -0.05) is 370 Å². The standard InChI is InChI=1S/C82H160O17P2/c1-9-75(8)61-53-45-36-30-24-18-14-12-10-11-13-15-19-25-32-38-48-56-64-82(87)99-78(69-93-80(85)63-55-47-41-40-44-52-60-74(6)7)71-97-101(90,91)95-67-76(83)66-94-100(88,89)96-70-77(68-92-79(84)62-54-46-37-31-27-21-23-29-35-43-51-59-73(4)5)98-81(86)65-57-49-39-33-26-20-16-17-22-28-34-42-50-58-72(2)3/h72-78,83H,9-71H2,1-8H3,(H,88,89)(H,90,91)/t75?,76-,77-,78-/m1/s1. The molecular weight excluding hydrogens is 1320 g/mol. The molecule has 19 heteroatoms. The topological polar surface area (TPSA) is 237 Å². The van der Waals surface area contributed by atoms with E-state index in [1.807, 2.05) is 0 Å². The van der Waals surface area contributed by atoms with E-state index in [2.05, 4.69) is 55.4 Å². The van der Waals surface area contributed by atoms with E-state index in [9.17, 15) is 43.2 Å². The number of phosphoric acid groups is 2. The molecule has 0 radical (unpaired) electrons. The number of carbonyl (C=O) groups is 4. The van der Waals surface area contributed by atoms with Gasteiger partial charge in [0.25, 0.3) is 0 Å².